The molecule has 2 N–H and O–H groups in total. The number of hydrogen-bond donors (Lipinski definition) is 1. The zero-order chi connectivity index (χ0) is 9.47. The first-order chi connectivity index (χ1) is 6.08. The summed E-state index contributed by atoms with van der Waals surface area (Å²) in [5.74, 6) is 0.430. The van der Waals surface area contributed by atoms with Gasteiger partial charge in [0.15, 0.2) is 9.84 Å². The fourth-order valence-corrected chi connectivity index (χ4v) is 2.78. The number of rotatable bonds is 0. The molecule has 0 aliphatic carbocycles. The summed E-state index contributed by atoms with van der Waals surface area (Å²) < 4.78 is 22.5. The van der Waals surface area contributed by atoms with E-state index in [2.05, 4.69) is 9.97 Å². The molecule has 0 radical (unpaired) electrons. The molecular formula is C7H9N3O2S. The predicted molar refractivity (Wildman–Crippen MR) is 47.6 cm³/mol. The van der Waals surface area contributed by atoms with Gasteiger partial charge in [-0.3, -0.25) is 0 Å². The quantitative estimate of drug-likeness (QED) is 0.610. The third-order valence-electron chi connectivity index (χ3n) is 2.08. The van der Waals surface area contributed by atoms with E-state index in [1.165, 1.54) is 6.33 Å². The Kier molecular flexibility index (Phi) is 1.73. The van der Waals surface area contributed by atoms with Crippen molar-refractivity contribution in [3.8, 4) is 0 Å². The van der Waals surface area contributed by atoms with Crippen LogP contribution in [-0.2, 0) is 22.0 Å². The Morgan fingerprint density at radius 3 is 2.92 bits per heavy atom. The van der Waals surface area contributed by atoms with Crippen LogP contribution in [0.3, 0.4) is 0 Å². The van der Waals surface area contributed by atoms with Gasteiger partial charge in [0.05, 0.1) is 17.2 Å². The highest BCUT2D eigenvalue weighted by atomic mass is 32.2. The first kappa shape index (κ1) is 8.43. The van der Waals surface area contributed by atoms with Gasteiger partial charge in [-0.05, 0) is 0 Å². The SMILES string of the molecule is Nc1ncnc2c1CS(=O)(=O)CC2. The Hall–Kier alpha value is -1.17. The second-order valence-electron chi connectivity index (χ2n) is 3.03. The monoisotopic (exact) mass is 199 g/mol. The van der Waals surface area contributed by atoms with Crippen molar-refractivity contribution >= 4 is 15.7 Å². The number of fused-ring (bicyclic) bond motifs is 1. The van der Waals surface area contributed by atoms with Crippen LogP contribution in [0.1, 0.15) is 11.3 Å². The number of sulfone groups is 1. The number of nitrogen functional groups attached to an aromatic ring is 1. The fourth-order valence-electron chi connectivity index (χ4n) is 1.38. The normalized spacial score (nSPS) is 19.4. The van der Waals surface area contributed by atoms with Crippen LogP contribution in [0.5, 0.6) is 0 Å². The zero-order valence-corrected chi connectivity index (χ0v) is 7.71. The van der Waals surface area contributed by atoms with E-state index in [1.54, 1.807) is 0 Å². The molecule has 70 valence electrons. The molecule has 1 aliphatic heterocycles. The summed E-state index contributed by atoms with van der Waals surface area (Å²) in [4.78, 5) is 7.75. The molecule has 0 bridgehead atoms. The molecule has 2 rings (SSSR count). The van der Waals surface area contributed by atoms with Gasteiger partial charge in [-0.1, -0.05) is 0 Å². The molecule has 0 aromatic carbocycles. The van der Waals surface area contributed by atoms with Gasteiger partial charge in [0.2, 0.25) is 0 Å². The highest BCUT2D eigenvalue weighted by Gasteiger charge is 2.24. The molecule has 6 heteroatoms. The number of hydrogen-bond acceptors (Lipinski definition) is 5. The van der Waals surface area contributed by atoms with Gasteiger partial charge in [-0.15, -0.1) is 0 Å². The van der Waals surface area contributed by atoms with Crippen LogP contribution in [0, 0.1) is 0 Å². The second kappa shape index (κ2) is 2.66. The van der Waals surface area contributed by atoms with E-state index in [4.69, 9.17) is 5.73 Å². The largest absolute Gasteiger partial charge is 0.383 e. The zero-order valence-electron chi connectivity index (χ0n) is 6.90. The molecule has 0 fully saturated rings. The topological polar surface area (TPSA) is 85.9 Å². The van der Waals surface area contributed by atoms with Crippen LogP contribution in [0.2, 0.25) is 0 Å². The summed E-state index contributed by atoms with van der Waals surface area (Å²) in [6, 6.07) is 0. The van der Waals surface area contributed by atoms with Crippen molar-refractivity contribution in [3.63, 3.8) is 0 Å². The van der Waals surface area contributed by atoms with Crippen LogP contribution >= 0.6 is 0 Å². The van der Waals surface area contributed by atoms with Crippen molar-refractivity contribution in [2.24, 2.45) is 0 Å². The predicted octanol–water partition coefficient (Wildman–Crippen LogP) is -0.470. The molecule has 1 aromatic rings. The minimum absolute atomic E-state index is 0.0188. The molecule has 0 unspecified atom stereocenters. The summed E-state index contributed by atoms with van der Waals surface area (Å²) >= 11 is 0. The van der Waals surface area contributed by atoms with Gasteiger partial charge in [0.25, 0.3) is 0 Å². The molecule has 5 nitrogen and oxygen atoms in total. The van der Waals surface area contributed by atoms with Gasteiger partial charge in [0, 0.05) is 12.0 Å². The lowest BCUT2D eigenvalue weighted by atomic mass is 10.2. The molecule has 0 saturated carbocycles. The maximum Gasteiger partial charge on any atom is 0.155 e. The molecule has 2 heterocycles. The first-order valence-corrected chi connectivity index (χ1v) is 5.69. The van der Waals surface area contributed by atoms with Gasteiger partial charge >= 0.3 is 0 Å². The van der Waals surface area contributed by atoms with Crippen LogP contribution in [-0.4, -0.2) is 24.1 Å². The maximum atomic E-state index is 11.3. The van der Waals surface area contributed by atoms with E-state index in [0.717, 1.165) is 5.69 Å². The lowest BCUT2D eigenvalue weighted by Crippen LogP contribution is -2.21. The molecule has 13 heavy (non-hydrogen) atoms. The fraction of sp³-hybridized carbons (Fsp3) is 0.429. The summed E-state index contributed by atoms with van der Waals surface area (Å²) in [6.45, 7) is 0. The third kappa shape index (κ3) is 1.49. The molecule has 0 amide bonds. The lowest BCUT2D eigenvalue weighted by Gasteiger charge is -2.15. The van der Waals surface area contributed by atoms with E-state index in [-0.39, 0.29) is 17.3 Å². The molecule has 0 spiro atoms. The van der Waals surface area contributed by atoms with Crippen molar-refractivity contribution < 1.29 is 8.42 Å². The van der Waals surface area contributed by atoms with Gasteiger partial charge < -0.3 is 5.73 Å². The van der Waals surface area contributed by atoms with Gasteiger partial charge in [0.1, 0.15) is 12.1 Å². The molecule has 0 atom stereocenters. The summed E-state index contributed by atoms with van der Waals surface area (Å²) in [6.07, 6.45) is 1.82. The van der Waals surface area contributed by atoms with Gasteiger partial charge in [-0.2, -0.15) is 0 Å². The lowest BCUT2D eigenvalue weighted by molar-refractivity contribution is 0.590. The maximum absolute atomic E-state index is 11.3. The van der Waals surface area contributed by atoms with Crippen LogP contribution < -0.4 is 5.73 Å². The van der Waals surface area contributed by atoms with Crippen molar-refractivity contribution in [1.82, 2.24) is 9.97 Å². The van der Waals surface area contributed by atoms with Crippen molar-refractivity contribution in [2.75, 3.05) is 11.5 Å². The average molecular weight is 199 g/mol. The number of nitrogens with two attached hydrogens (primary N) is 1. The van der Waals surface area contributed by atoms with Gasteiger partial charge in [-0.25, -0.2) is 18.4 Å². The smallest absolute Gasteiger partial charge is 0.155 e. The minimum Gasteiger partial charge on any atom is -0.383 e. The summed E-state index contributed by atoms with van der Waals surface area (Å²) in [7, 11) is -2.98. The highest BCUT2D eigenvalue weighted by Crippen LogP contribution is 2.21. The van der Waals surface area contributed by atoms with E-state index in [1.807, 2.05) is 0 Å². The van der Waals surface area contributed by atoms with Crippen molar-refractivity contribution in [3.05, 3.63) is 17.6 Å². The standard InChI is InChI=1S/C7H9N3O2S/c8-7-5-3-13(11,12)2-1-6(5)9-4-10-7/h4H,1-3H2,(H2,8,9,10). The second-order valence-corrected chi connectivity index (χ2v) is 5.21. The van der Waals surface area contributed by atoms with Crippen molar-refractivity contribution in [1.29, 1.82) is 0 Å². The molecular weight excluding hydrogens is 190 g/mol. The number of nitrogens with zero attached hydrogens (tertiary/aromatic N) is 2. The minimum atomic E-state index is -2.98. The third-order valence-corrected chi connectivity index (χ3v) is 3.64. The number of aryl methyl sites for hydroxylation is 1. The Morgan fingerprint density at radius 2 is 2.15 bits per heavy atom. The van der Waals surface area contributed by atoms with Crippen molar-refractivity contribution in [2.45, 2.75) is 12.2 Å². The van der Waals surface area contributed by atoms with E-state index in [0.29, 0.717) is 12.0 Å². The van der Waals surface area contributed by atoms with E-state index >= 15 is 0 Å². The highest BCUT2D eigenvalue weighted by molar-refractivity contribution is 7.90. The number of anilines is 1. The number of aromatic nitrogens is 2. The Labute approximate surface area is 75.9 Å². The van der Waals surface area contributed by atoms with Crippen LogP contribution in [0.4, 0.5) is 5.82 Å². The Bertz CT molecular complexity index is 441. The Morgan fingerprint density at radius 1 is 1.38 bits per heavy atom. The van der Waals surface area contributed by atoms with E-state index in [9.17, 15) is 8.42 Å². The van der Waals surface area contributed by atoms with E-state index < -0.39 is 9.84 Å². The summed E-state index contributed by atoms with van der Waals surface area (Å²) in [5, 5.41) is 0. The average Bonchev–Trinajstić information content (AvgIpc) is 2.06. The summed E-state index contributed by atoms with van der Waals surface area (Å²) in [5.41, 5.74) is 6.89. The molecule has 1 aliphatic rings. The Balaban J connectivity index is 2.56. The molecule has 1 aromatic heterocycles. The van der Waals surface area contributed by atoms with Crippen LogP contribution in [0.25, 0.3) is 0 Å². The molecule has 0 saturated heterocycles. The van der Waals surface area contributed by atoms with Crippen LogP contribution in [0.15, 0.2) is 6.33 Å². The first-order valence-electron chi connectivity index (χ1n) is 3.87.